The molecule has 0 unspecified atom stereocenters. The van der Waals surface area contributed by atoms with Crippen LogP contribution in [0.25, 0.3) is 16.9 Å². The second-order valence-electron chi connectivity index (χ2n) is 6.66. The van der Waals surface area contributed by atoms with Crippen LogP contribution in [0.1, 0.15) is 19.8 Å². The number of benzene rings is 1. The van der Waals surface area contributed by atoms with Crippen molar-refractivity contribution in [2.24, 2.45) is 5.92 Å². The number of non-ortho nitro benzene ring substituents is 1. The molecule has 0 radical (unpaired) electrons. The Morgan fingerprint density at radius 3 is 2.67 bits per heavy atom. The van der Waals surface area contributed by atoms with Crippen molar-refractivity contribution in [2.75, 3.05) is 18.0 Å². The smallest absolute Gasteiger partial charge is 0.270 e. The quantitative estimate of drug-likeness (QED) is 0.367. The highest BCUT2D eigenvalue weighted by Gasteiger charge is 2.27. The van der Waals surface area contributed by atoms with Crippen molar-refractivity contribution >= 4 is 40.5 Å². The van der Waals surface area contributed by atoms with Gasteiger partial charge in [-0.25, -0.2) is 0 Å². The van der Waals surface area contributed by atoms with Crippen molar-refractivity contribution in [3.8, 4) is 11.1 Å². The molecule has 0 atom stereocenters. The number of nitrogens with zero attached hydrogens (tertiary/aromatic N) is 6. The predicted molar refractivity (Wildman–Crippen MR) is 104 cm³/mol. The lowest BCUT2D eigenvalue weighted by atomic mass is 9.98. The molecular weight excluding hydrogens is 391 g/mol. The molecule has 2 aromatic heterocycles. The number of hydrogen-bond acceptors (Lipinski definition) is 6. The molecule has 1 aliphatic rings. The highest BCUT2D eigenvalue weighted by atomic mass is 35.5. The highest BCUT2D eigenvalue weighted by Crippen LogP contribution is 2.41. The fraction of sp³-hybridized carbons (Fsp3) is 0.353. The largest absolute Gasteiger partial charge is 0.356 e. The molecule has 27 heavy (non-hydrogen) atoms. The van der Waals surface area contributed by atoms with Crippen LogP contribution in [-0.4, -0.2) is 37.6 Å². The Hall–Kier alpha value is -2.45. The second kappa shape index (κ2) is 6.94. The minimum absolute atomic E-state index is 0.0805. The molecule has 3 heterocycles. The van der Waals surface area contributed by atoms with Crippen LogP contribution in [0, 0.1) is 16.0 Å². The molecule has 10 heteroatoms. The van der Waals surface area contributed by atoms with Gasteiger partial charge in [0.2, 0.25) is 0 Å². The summed E-state index contributed by atoms with van der Waals surface area (Å²) in [5.41, 5.74) is 1.10. The Morgan fingerprint density at radius 2 is 2.00 bits per heavy atom. The Balaban J connectivity index is 1.93. The molecule has 1 saturated heterocycles. The fourth-order valence-electron chi connectivity index (χ4n) is 3.37. The van der Waals surface area contributed by atoms with Gasteiger partial charge in [0.1, 0.15) is 17.3 Å². The van der Waals surface area contributed by atoms with Gasteiger partial charge >= 0.3 is 0 Å². The van der Waals surface area contributed by atoms with Gasteiger partial charge in [0.15, 0.2) is 0 Å². The summed E-state index contributed by atoms with van der Waals surface area (Å²) in [7, 11) is 0. The number of nitro groups is 1. The Morgan fingerprint density at radius 1 is 1.26 bits per heavy atom. The minimum atomic E-state index is -0.483. The third-order valence-electron chi connectivity index (χ3n) is 4.87. The number of fused-ring (bicyclic) bond motifs is 1. The van der Waals surface area contributed by atoms with Gasteiger partial charge in [-0.3, -0.25) is 10.1 Å². The standard InChI is InChI=1S/C17H16Cl2N6O2/c1-10-4-6-23(7-5-10)16-14(15(19)22-17-20-9-21-24(16)17)12-3-2-11(25(26)27)8-13(12)18/h2-3,8-10H,4-7H2,1H3. The Kier molecular flexibility index (Phi) is 4.61. The van der Waals surface area contributed by atoms with Crippen LogP contribution in [0.4, 0.5) is 11.5 Å². The SMILES string of the molecule is CC1CCN(c2c(-c3ccc([N+](=O)[O-])cc3Cl)c(Cl)nc3ncnn23)CC1. The number of rotatable bonds is 3. The Labute approximate surface area is 164 Å². The lowest BCUT2D eigenvalue weighted by molar-refractivity contribution is -0.384. The van der Waals surface area contributed by atoms with Crippen LogP contribution in [0.15, 0.2) is 24.5 Å². The molecule has 0 aliphatic carbocycles. The summed E-state index contributed by atoms with van der Waals surface area (Å²) < 4.78 is 1.65. The summed E-state index contributed by atoms with van der Waals surface area (Å²) in [4.78, 5) is 21.2. The van der Waals surface area contributed by atoms with Crippen molar-refractivity contribution < 1.29 is 4.92 Å². The zero-order chi connectivity index (χ0) is 19.1. The van der Waals surface area contributed by atoms with Gasteiger partial charge in [-0.15, -0.1) is 0 Å². The van der Waals surface area contributed by atoms with Gasteiger partial charge in [-0.2, -0.15) is 19.6 Å². The molecule has 4 rings (SSSR count). The molecule has 3 aromatic rings. The minimum Gasteiger partial charge on any atom is -0.356 e. The van der Waals surface area contributed by atoms with Crippen LogP contribution in [0.2, 0.25) is 10.2 Å². The summed E-state index contributed by atoms with van der Waals surface area (Å²) in [6, 6.07) is 4.33. The molecule has 1 aliphatic heterocycles. The maximum absolute atomic E-state index is 11.0. The van der Waals surface area contributed by atoms with E-state index in [4.69, 9.17) is 23.2 Å². The van der Waals surface area contributed by atoms with Crippen molar-refractivity contribution in [3.05, 3.63) is 44.8 Å². The van der Waals surface area contributed by atoms with E-state index in [1.54, 1.807) is 10.6 Å². The Bertz CT molecular complexity index is 1030. The van der Waals surface area contributed by atoms with E-state index in [0.717, 1.165) is 31.7 Å². The van der Waals surface area contributed by atoms with Crippen molar-refractivity contribution in [1.82, 2.24) is 19.6 Å². The average Bonchev–Trinajstić information content (AvgIpc) is 3.09. The molecule has 0 spiro atoms. The van der Waals surface area contributed by atoms with E-state index in [-0.39, 0.29) is 15.9 Å². The van der Waals surface area contributed by atoms with E-state index >= 15 is 0 Å². The first-order valence-electron chi connectivity index (χ1n) is 8.54. The average molecular weight is 407 g/mol. The number of aromatic nitrogens is 4. The van der Waals surface area contributed by atoms with E-state index in [1.807, 2.05) is 0 Å². The summed E-state index contributed by atoms with van der Waals surface area (Å²) >= 11 is 12.9. The summed E-state index contributed by atoms with van der Waals surface area (Å²) in [5.74, 6) is 1.80. The van der Waals surface area contributed by atoms with Gasteiger partial charge in [0.25, 0.3) is 11.5 Å². The number of halogens is 2. The molecule has 0 amide bonds. The first-order valence-corrected chi connectivity index (χ1v) is 9.30. The van der Waals surface area contributed by atoms with Crippen molar-refractivity contribution in [3.63, 3.8) is 0 Å². The first kappa shape index (κ1) is 17.9. The molecule has 1 fully saturated rings. The van der Waals surface area contributed by atoms with Crippen molar-refractivity contribution in [1.29, 1.82) is 0 Å². The number of nitro benzene ring substituents is 1. The summed E-state index contributed by atoms with van der Waals surface area (Å²) in [5, 5.41) is 15.8. The second-order valence-corrected chi connectivity index (χ2v) is 7.43. The monoisotopic (exact) mass is 406 g/mol. The van der Waals surface area contributed by atoms with E-state index in [0.29, 0.717) is 22.8 Å². The van der Waals surface area contributed by atoms with E-state index in [2.05, 4.69) is 26.9 Å². The molecule has 0 bridgehead atoms. The zero-order valence-corrected chi connectivity index (χ0v) is 16.0. The molecular formula is C17H16Cl2N6O2. The molecule has 0 saturated carbocycles. The zero-order valence-electron chi connectivity index (χ0n) is 14.5. The van der Waals surface area contributed by atoms with Crippen LogP contribution < -0.4 is 4.90 Å². The van der Waals surface area contributed by atoms with Gasteiger partial charge in [0.05, 0.1) is 15.5 Å². The maximum Gasteiger partial charge on any atom is 0.270 e. The lowest BCUT2D eigenvalue weighted by Gasteiger charge is -2.33. The third kappa shape index (κ3) is 3.19. The topological polar surface area (TPSA) is 89.5 Å². The summed E-state index contributed by atoms with van der Waals surface area (Å²) in [6.07, 6.45) is 3.52. The van der Waals surface area contributed by atoms with Crippen LogP contribution in [0.3, 0.4) is 0 Å². The van der Waals surface area contributed by atoms with Gasteiger partial charge in [-0.1, -0.05) is 30.1 Å². The van der Waals surface area contributed by atoms with E-state index in [9.17, 15) is 10.1 Å². The molecule has 1 aromatic carbocycles. The number of hydrogen-bond donors (Lipinski definition) is 0. The molecule has 140 valence electrons. The molecule has 8 nitrogen and oxygen atoms in total. The first-order chi connectivity index (χ1) is 13.0. The highest BCUT2D eigenvalue weighted by molar-refractivity contribution is 6.36. The third-order valence-corrected chi connectivity index (χ3v) is 5.46. The van der Waals surface area contributed by atoms with Crippen molar-refractivity contribution in [2.45, 2.75) is 19.8 Å². The van der Waals surface area contributed by atoms with Crippen LogP contribution >= 0.6 is 23.2 Å². The van der Waals surface area contributed by atoms with Crippen LogP contribution in [-0.2, 0) is 0 Å². The number of anilines is 1. The van der Waals surface area contributed by atoms with E-state index in [1.165, 1.54) is 18.5 Å². The summed E-state index contributed by atoms with van der Waals surface area (Å²) in [6.45, 7) is 3.91. The normalized spacial score (nSPS) is 15.4. The van der Waals surface area contributed by atoms with E-state index < -0.39 is 4.92 Å². The van der Waals surface area contributed by atoms with Crippen LogP contribution in [0.5, 0.6) is 0 Å². The lowest BCUT2D eigenvalue weighted by Crippen LogP contribution is -2.34. The fourth-order valence-corrected chi connectivity index (χ4v) is 3.90. The number of piperidine rings is 1. The maximum atomic E-state index is 11.0. The van der Waals surface area contributed by atoms with Gasteiger partial charge < -0.3 is 4.90 Å². The predicted octanol–water partition coefficient (Wildman–Crippen LogP) is 4.24. The van der Waals surface area contributed by atoms with Gasteiger partial charge in [0, 0.05) is 30.8 Å². The van der Waals surface area contributed by atoms with Gasteiger partial charge in [-0.05, 0) is 24.8 Å². The molecule has 0 N–H and O–H groups in total.